The molecule has 0 fully saturated rings. The van der Waals surface area contributed by atoms with E-state index in [1.165, 1.54) is 4.90 Å². The molecule has 0 saturated heterocycles. The Kier molecular flexibility index (Phi) is 5.99. The van der Waals surface area contributed by atoms with E-state index in [4.69, 9.17) is 0 Å². The minimum absolute atomic E-state index is 0.0683. The summed E-state index contributed by atoms with van der Waals surface area (Å²) in [6.45, 7) is 1.36. The number of anilines is 1. The number of nitrogens with zero attached hydrogens (tertiary/aromatic N) is 2. The molecule has 3 amide bonds. The zero-order valence-corrected chi connectivity index (χ0v) is 12.4. The van der Waals surface area contributed by atoms with Crippen LogP contribution in [0.5, 0.6) is 0 Å². The zero-order valence-electron chi connectivity index (χ0n) is 12.4. The average molecular weight is 278 g/mol. The van der Waals surface area contributed by atoms with Crippen molar-refractivity contribution in [1.82, 2.24) is 15.1 Å². The molecular formula is C14H22N4O2. The largest absolute Gasteiger partial charge is 0.340 e. The summed E-state index contributed by atoms with van der Waals surface area (Å²) in [5.41, 5.74) is 1.16. The van der Waals surface area contributed by atoms with E-state index in [-0.39, 0.29) is 11.9 Å². The Hall–Kier alpha value is -2.08. The third-order valence-corrected chi connectivity index (χ3v) is 2.81. The SMILES string of the molecule is CNCCN(C)C(=O)c1cccc(NC(=O)N(C)C)c1. The van der Waals surface area contributed by atoms with Crippen molar-refractivity contribution < 1.29 is 9.59 Å². The van der Waals surface area contributed by atoms with Crippen molar-refractivity contribution in [3.8, 4) is 0 Å². The molecular weight excluding hydrogens is 256 g/mol. The predicted molar refractivity (Wildman–Crippen MR) is 80.0 cm³/mol. The van der Waals surface area contributed by atoms with Crippen molar-refractivity contribution in [2.45, 2.75) is 0 Å². The number of carbonyl (C=O) groups excluding carboxylic acids is 2. The van der Waals surface area contributed by atoms with Crippen molar-refractivity contribution in [1.29, 1.82) is 0 Å². The zero-order chi connectivity index (χ0) is 15.1. The van der Waals surface area contributed by atoms with Gasteiger partial charge >= 0.3 is 6.03 Å². The normalized spacial score (nSPS) is 10.0. The highest BCUT2D eigenvalue weighted by atomic mass is 16.2. The maximum absolute atomic E-state index is 12.2. The fraction of sp³-hybridized carbons (Fsp3) is 0.429. The van der Waals surface area contributed by atoms with Crippen LogP contribution < -0.4 is 10.6 Å². The first-order valence-corrected chi connectivity index (χ1v) is 6.44. The molecule has 0 bridgehead atoms. The number of benzene rings is 1. The highest BCUT2D eigenvalue weighted by Gasteiger charge is 2.12. The van der Waals surface area contributed by atoms with Gasteiger partial charge in [0.05, 0.1) is 0 Å². The van der Waals surface area contributed by atoms with Gasteiger partial charge in [-0.1, -0.05) is 6.07 Å². The van der Waals surface area contributed by atoms with Gasteiger partial charge in [-0.2, -0.15) is 0 Å². The van der Waals surface area contributed by atoms with Crippen LogP contribution in [0.4, 0.5) is 10.5 Å². The average Bonchev–Trinajstić information content (AvgIpc) is 2.44. The van der Waals surface area contributed by atoms with Crippen LogP contribution in [0.15, 0.2) is 24.3 Å². The number of carbonyl (C=O) groups is 2. The van der Waals surface area contributed by atoms with Crippen LogP contribution in [0, 0.1) is 0 Å². The number of likely N-dealkylation sites (N-methyl/N-ethyl adjacent to an activating group) is 2. The minimum Gasteiger partial charge on any atom is -0.340 e. The van der Waals surface area contributed by atoms with Crippen LogP contribution in [0.3, 0.4) is 0 Å². The molecule has 110 valence electrons. The molecule has 0 radical (unpaired) electrons. The van der Waals surface area contributed by atoms with Crippen molar-refractivity contribution in [3.63, 3.8) is 0 Å². The first kappa shape index (κ1) is 16.0. The van der Waals surface area contributed by atoms with Crippen molar-refractivity contribution in [2.24, 2.45) is 0 Å². The van der Waals surface area contributed by atoms with Gasteiger partial charge in [0.15, 0.2) is 0 Å². The van der Waals surface area contributed by atoms with Crippen molar-refractivity contribution in [2.75, 3.05) is 46.6 Å². The lowest BCUT2D eigenvalue weighted by molar-refractivity contribution is 0.0797. The lowest BCUT2D eigenvalue weighted by Gasteiger charge is -2.18. The third-order valence-electron chi connectivity index (χ3n) is 2.81. The highest BCUT2D eigenvalue weighted by Crippen LogP contribution is 2.12. The summed E-state index contributed by atoms with van der Waals surface area (Å²) in [6.07, 6.45) is 0. The van der Waals surface area contributed by atoms with Gasteiger partial charge < -0.3 is 20.4 Å². The molecule has 0 spiro atoms. The molecule has 0 aliphatic carbocycles. The van der Waals surface area contributed by atoms with Gasteiger partial charge in [0, 0.05) is 45.5 Å². The number of hydrogen-bond acceptors (Lipinski definition) is 3. The van der Waals surface area contributed by atoms with Gasteiger partial charge in [-0.25, -0.2) is 4.79 Å². The van der Waals surface area contributed by atoms with Gasteiger partial charge in [0.25, 0.3) is 5.91 Å². The van der Waals surface area contributed by atoms with Gasteiger partial charge in [-0.3, -0.25) is 4.79 Å². The van der Waals surface area contributed by atoms with E-state index < -0.39 is 0 Å². The molecule has 1 aromatic rings. The van der Waals surface area contributed by atoms with Crippen LogP contribution in [-0.4, -0.2) is 63.0 Å². The number of rotatable bonds is 5. The number of hydrogen-bond donors (Lipinski definition) is 2. The molecule has 0 atom stereocenters. The summed E-state index contributed by atoms with van der Waals surface area (Å²) >= 11 is 0. The first-order valence-electron chi connectivity index (χ1n) is 6.44. The smallest absolute Gasteiger partial charge is 0.321 e. The fourth-order valence-corrected chi connectivity index (χ4v) is 1.57. The Bertz CT molecular complexity index is 474. The van der Waals surface area contributed by atoms with E-state index in [0.717, 1.165) is 6.54 Å². The van der Waals surface area contributed by atoms with Gasteiger partial charge in [0.2, 0.25) is 0 Å². The van der Waals surface area contributed by atoms with E-state index in [1.807, 2.05) is 7.05 Å². The lowest BCUT2D eigenvalue weighted by Crippen LogP contribution is -2.33. The summed E-state index contributed by atoms with van der Waals surface area (Å²) in [5.74, 6) is -0.0683. The topological polar surface area (TPSA) is 64.7 Å². The molecule has 0 heterocycles. The molecule has 0 unspecified atom stereocenters. The van der Waals surface area contributed by atoms with E-state index in [0.29, 0.717) is 17.8 Å². The Morgan fingerprint density at radius 1 is 1.20 bits per heavy atom. The summed E-state index contributed by atoms with van der Waals surface area (Å²) in [6, 6.07) is 6.71. The van der Waals surface area contributed by atoms with Crippen LogP contribution in [0.1, 0.15) is 10.4 Å². The molecule has 1 rings (SSSR count). The summed E-state index contributed by atoms with van der Waals surface area (Å²) in [7, 11) is 6.92. The second-order valence-corrected chi connectivity index (χ2v) is 4.74. The van der Waals surface area contributed by atoms with Crippen LogP contribution in [-0.2, 0) is 0 Å². The summed E-state index contributed by atoms with van der Waals surface area (Å²) < 4.78 is 0. The van der Waals surface area contributed by atoms with Crippen LogP contribution in [0.25, 0.3) is 0 Å². The Balaban J connectivity index is 2.77. The van der Waals surface area contributed by atoms with Crippen molar-refractivity contribution >= 4 is 17.6 Å². The maximum Gasteiger partial charge on any atom is 0.321 e. The molecule has 0 saturated carbocycles. The number of amides is 3. The molecule has 2 N–H and O–H groups in total. The summed E-state index contributed by atoms with van der Waals surface area (Å²) in [4.78, 5) is 26.9. The van der Waals surface area contributed by atoms with Gasteiger partial charge in [-0.05, 0) is 25.2 Å². The predicted octanol–water partition coefficient (Wildman–Crippen LogP) is 1.07. The molecule has 1 aromatic carbocycles. The highest BCUT2D eigenvalue weighted by molar-refractivity contribution is 5.96. The van der Waals surface area contributed by atoms with Crippen molar-refractivity contribution in [3.05, 3.63) is 29.8 Å². The van der Waals surface area contributed by atoms with E-state index in [1.54, 1.807) is 50.3 Å². The van der Waals surface area contributed by atoms with Crippen LogP contribution >= 0.6 is 0 Å². The first-order chi connectivity index (χ1) is 9.45. The molecule has 6 nitrogen and oxygen atoms in total. The Morgan fingerprint density at radius 2 is 1.90 bits per heavy atom. The quantitative estimate of drug-likeness (QED) is 0.847. The Morgan fingerprint density at radius 3 is 2.50 bits per heavy atom. The standard InChI is InChI=1S/C14H22N4O2/c1-15-8-9-18(4)13(19)11-6-5-7-12(10-11)16-14(20)17(2)3/h5-7,10,15H,8-9H2,1-4H3,(H,16,20). The third kappa shape index (κ3) is 4.55. The number of urea groups is 1. The lowest BCUT2D eigenvalue weighted by atomic mass is 10.2. The monoisotopic (exact) mass is 278 g/mol. The second-order valence-electron chi connectivity index (χ2n) is 4.74. The summed E-state index contributed by atoms with van der Waals surface area (Å²) in [5, 5.41) is 5.72. The molecule has 0 aliphatic rings. The second kappa shape index (κ2) is 7.49. The minimum atomic E-state index is -0.224. The molecule has 0 aromatic heterocycles. The molecule has 0 aliphatic heterocycles. The van der Waals surface area contributed by atoms with Gasteiger partial charge in [0.1, 0.15) is 0 Å². The Labute approximate surface area is 119 Å². The van der Waals surface area contributed by atoms with E-state index in [2.05, 4.69) is 10.6 Å². The molecule has 20 heavy (non-hydrogen) atoms. The fourth-order valence-electron chi connectivity index (χ4n) is 1.57. The number of nitrogens with one attached hydrogen (secondary N) is 2. The van der Waals surface area contributed by atoms with E-state index in [9.17, 15) is 9.59 Å². The van der Waals surface area contributed by atoms with E-state index >= 15 is 0 Å². The molecule has 6 heteroatoms. The van der Waals surface area contributed by atoms with Crippen LogP contribution in [0.2, 0.25) is 0 Å². The van der Waals surface area contributed by atoms with Gasteiger partial charge in [-0.15, -0.1) is 0 Å². The maximum atomic E-state index is 12.2.